The Morgan fingerprint density at radius 3 is 2.35 bits per heavy atom. The zero-order chi connectivity index (χ0) is 17.0. The van der Waals surface area contributed by atoms with E-state index in [1.807, 2.05) is 0 Å². The van der Waals surface area contributed by atoms with E-state index in [-0.39, 0.29) is 15.6 Å². The van der Waals surface area contributed by atoms with E-state index in [0.29, 0.717) is 5.02 Å². The van der Waals surface area contributed by atoms with Crippen LogP contribution in [0.3, 0.4) is 0 Å². The van der Waals surface area contributed by atoms with Crippen molar-refractivity contribution in [3.63, 3.8) is 0 Å². The van der Waals surface area contributed by atoms with Gasteiger partial charge in [-0.3, -0.25) is 9.10 Å². The van der Waals surface area contributed by atoms with Gasteiger partial charge in [-0.2, -0.15) is 0 Å². The predicted octanol–water partition coefficient (Wildman–Crippen LogP) is 2.93. The minimum absolute atomic E-state index is 0.0647. The Kier molecular flexibility index (Phi) is 5.51. The zero-order valence-electron chi connectivity index (χ0n) is 12.2. The molecule has 0 aliphatic rings. The third-order valence-corrected chi connectivity index (χ3v) is 5.39. The summed E-state index contributed by atoms with van der Waals surface area (Å²) in [6, 6.07) is 12.2. The normalized spacial score (nSPS) is 11.1. The molecule has 0 atom stereocenters. The van der Waals surface area contributed by atoms with Gasteiger partial charge in [0.15, 0.2) is 0 Å². The highest BCUT2D eigenvalue weighted by Crippen LogP contribution is 2.32. The number of hydrogen-bond acceptors (Lipinski definition) is 3. The second kappa shape index (κ2) is 7.21. The van der Waals surface area contributed by atoms with E-state index >= 15 is 0 Å². The summed E-state index contributed by atoms with van der Waals surface area (Å²) < 4.78 is 26.7. The van der Waals surface area contributed by atoms with Crippen molar-refractivity contribution in [1.29, 1.82) is 0 Å². The molecule has 5 nitrogen and oxygen atoms in total. The highest BCUT2D eigenvalue weighted by molar-refractivity contribution is 7.92. The Morgan fingerprint density at radius 2 is 1.78 bits per heavy atom. The molecule has 122 valence electrons. The number of rotatable bonds is 5. The van der Waals surface area contributed by atoms with Crippen molar-refractivity contribution in [2.75, 3.05) is 17.9 Å². The molecular weight excluding hydrogens is 359 g/mol. The van der Waals surface area contributed by atoms with Crippen LogP contribution in [0.4, 0.5) is 5.69 Å². The minimum atomic E-state index is -3.95. The molecule has 8 heteroatoms. The molecular formula is C15H14Cl2N2O3S. The van der Waals surface area contributed by atoms with Gasteiger partial charge in [-0.1, -0.05) is 41.4 Å². The van der Waals surface area contributed by atoms with E-state index in [2.05, 4.69) is 5.32 Å². The van der Waals surface area contributed by atoms with Gasteiger partial charge in [0, 0.05) is 12.1 Å². The lowest BCUT2D eigenvalue weighted by Gasteiger charge is -2.24. The smallest absolute Gasteiger partial charge is 0.264 e. The molecule has 1 N–H and O–H groups in total. The lowest BCUT2D eigenvalue weighted by molar-refractivity contribution is -0.119. The van der Waals surface area contributed by atoms with Crippen LogP contribution in [0.1, 0.15) is 0 Å². The Balaban J connectivity index is 2.56. The van der Waals surface area contributed by atoms with Gasteiger partial charge in [0.05, 0.1) is 15.6 Å². The molecule has 0 saturated heterocycles. The average Bonchev–Trinajstić information content (AvgIpc) is 2.53. The molecule has 0 saturated carbocycles. The molecule has 0 spiro atoms. The molecule has 2 aromatic rings. The standard InChI is InChI=1S/C15H14Cl2N2O3S/c1-18-15(20)10-19(14-8-7-11(16)9-13(14)17)23(21,22)12-5-3-2-4-6-12/h2-9H,10H2,1H3,(H,18,20). The maximum atomic E-state index is 12.9. The van der Waals surface area contributed by atoms with Gasteiger partial charge in [-0.15, -0.1) is 0 Å². The fraction of sp³-hybridized carbons (Fsp3) is 0.133. The summed E-state index contributed by atoms with van der Waals surface area (Å²) in [4.78, 5) is 11.8. The molecule has 0 fully saturated rings. The lowest BCUT2D eigenvalue weighted by Crippen LogP contribution is -2.39. The Morgan fingerprint density at radius 1 is 1.13 bits per heavy atom. The van der Waals surface area contributed by atoms with Crippen molar-refractivity contribution in [3.8, 4) is 0 Å². The maximum Gasteiger partial charge on any atom is 0.264 e. The fourth-order valence-electron chi connectivity index (χ4n) is 1.91. The maximum absolute atomic E-state index is 12.9. The summed E-state index contributed by atoms with van der Waals surface area (Å²) in [5.74, 6) is -0.462. The number of carbonyl (C=O) groups is 1. The summed E-state index contributed by atoms with van der Waals surface area (Å²) in [5.41, 5.74) is 0.184. The Labute approximate surface area is 144 Å². The predicted molar refractivity (Wildman–Crippen MR) is 91.5 cm³/mol. The molecule has 0 aromatic heterocycles. The number of hydrogen-bond donors (Lipinski definition) is 1. The third kappa shape index (κ3) is 3.96. The summed E-state index contributed by atoms with van der Waals surface area (Å²) in [6.07, 6.45) is 0. The van der Waals surface area contributed by atoms with Crippen molar-refractivity contribution >= 4 is 44.8 Å². The van der Waals surface area contributed by atoms with Crippen LogP contribution < -0.4 is 9.62 Å². The number of nitrogens with one attached hydrogen (secondary N) is 1. The van der Waals surface area contributed by atoms with Crippen LogP contribution in [0, 0.1) is 0 Å². The number of halogens is 2. The van der Waals surface area contributed by atoms with Crippen LogP contribution in [0.25, 0.3) is 0 Å². The van der Waals surface area contributed by atoms with Crippen LogP contribution in [0.5, 0.6) is 0 Å². The van der Waals surface area contributed by atoms with Gasteiger partial charge in [0.2, 0.25) is 5.91 Å². The monoisotopic (exact) mass is 372 g/mol. The third-order valence-electron chi connectivity index (χ3n) is 3.08. The van der Waals surface area contributed by atoms with Crippen molar-refractivity contribution in [1.82, 2.24) is 5.32 Å². The number of benzene rings is 2. The molecule has 0 aliphatic carbocycles. The van der Waals surface area contributed by atoms with Crippen molar-refractivity contribution < 1.29 is 13.2 Å². The molecule has 0 radical (unpaired) electrons. The van der Waals surface area contributed by atoms with Gasteiger partial charge in [0.1, 0.15) is 6.54 Å². The van der Waals surface area contributed by atoms with E-state index in [4.69, 9.17) is 23.2 Å². The first kappa shape index (κ1) is 17.6. The number of carbonyl (C=O) groups excluding carboxylic acids is 1. The quantitative estimate of drug-likeness (QED) is 0.877. The second-order valence-electron chi connectivity index (χ2n) is 4.59. The first-order chi connectivity index (χ1) is 10.9. The number of amides is 1. The van der Waals surface area contributed by atoms with Crippen LogP contribution in [-0.4, -0.2) is 27.9 Å². The summed E-state index contributed by atoms with van der Waals surface area (Å²) in [5, 5.41) is 2.92. The molecule has 0 heterocycles. The molecule has 2 aromatic carbocycles. The highest BCUT2D eigenvalue weighted by atomic mass is 35.5. The van der Waals surface area contributed by atoms with Crippen molar-refractivity contribution in [3.05, 3.63) is 58.6 Å². The Bertz CT molecular complexity index is 811. The highest BCUT2D eigenvalue weighted by Gasteiger charge is 2.28. The lowest BCUT2D eigenvalue weighted by atomic mass is 10.3. The van der Waals surface area contributed by atoms with Gasteiger partial charge in [-0.25, -0.2) is 8.42 Å². The second-order valence-corrected chi connectivity index (χ2v) is 7.30. The minimum Gasteiger partial charge on any atom is -0.358 e. The summed E-state index contributed by atoms with van der Waals surface area (Å²) >= 11 is 12.0. The van der Waals surface area contributed by atoms with Crippen molar-refractivity contribution in [2.24, 2.45) is 0 Å². The number of anilines is 1. The van der Waals surface area contributed by atoms with Gasteiger partial charge < -0.3 is 5.32 Å². The SMILES string of the molecule is CNC(=O)CN(c1ccc(Cl)cc1Cl)S(=O)(=O)c1ccccc1. The van der Waals surface area contributed by atoms with Gasteiger partial charge in [-0.05, 0) is 30.3 Å². The largest absolute Gasteiger partial charge is 0.358 e. The molecule has 0 bridgehead atoms. The van der Waals surface area contributed by atoms with E-state index in [1.165, 1.54) is 37.4 Å². The van der Waals surface area contributed by atoms with Crippen LogP contribution in [0.15, 0.2) is 53.4 Å². The molecule has 0 unspecified atom stereocenters. The van der Waals surface area contributed by atoms with Gasteiger partial charge in [0.25, 0.3) is 10.0 Å². The first-order valence-corrected chi connectivity index (χ1v) is 8.79. The number of likely N-dealkylation sites (N-methyl/N-ethyl adjacent to an activating group) is 1. The topological polar surface area (TPSA) is 66.5 Å². The van der Waals surface area contributed by atoms with Crippen molar-refractivity contribution in [2.45, 2.75) is 4.90 Å². The molecule has 2 rings (SSSR count). The Hall–Kier alpha value is -1.76. The number of nitrogens with zero attached hydrogens (tertiary/aromatic N) is 1. The zero-order valence-corrected chi connectivity index (χ0v) is 14.5. The van der Waals surface area contributed by atoms with E-state index < -0.39 is 22.5 Å². The molecule has 0 aliphatic heterocycles. The fourth-order valence-corrected chi connectivity index (χ4v) is 3.93. The average molecular weight is 373 g/mol. The summed E-state index contributed by atoms with van der Waals surface area (Å²) in [7, 11) is -2.52. The summed E-state index contributed by atoms with van der Waals surface area (Å²) in [6.45, 7) is -0.394. The molecule has 23 heavy (non-hydrogen) atoms. The van der Waals surface area contributed by atoms with E-state index in [0.717, 1.165) is 4.31 Å². The van der Waals surface area contributed by atoms with E-state index in [1.54, 1.807) is 18.2 Å². The van der Waals surface area contributed by atoms with E-state index in [9.17, 15) is 13.2 Å². The first-order valence-electron chi connectivity index (χ1n) is 6.59. The van der Waals surface area contributed by atoms with Crippen LogP contribution in [-0.2, 0) is 14.8 Å². The van der Waals surface area contributed by atoms with Gasteiger partial charge >= 0.3 is 0 Å². The van der Waals surface area contributed by atoms with Crippen LogP contribution in [0.2, 0.25) is 10.0 Å². The van der Waals surface area contributed by atoms with Crippen LogP contribution >= 0.6 is 23.2 Å². The molecule has 1 amide bonds. The number of sulfonamides is 1.